The number of aryl methyl sites for hydroxylation is 2. The van der Waals surface area contributed by atoms with Gasteiger partial charge >= 0.3 is 0 Å². The molecule has 0 aromatic carbocycles. The van der Waals surface area contributed by atoms with Gasteiger partial charge in [-0.05, 0) is 6.42 Å². The van der Waals surface area contributed by atoms with E-state index in [4.69, 9.17) is 10.5 Å². The van der Waals surface area contributed by atoms with Crippen LogP contribution in [0.4, 0.5) is 0 Å². The van der Waals surface area contributed by atoms with Gasteiger partial charge in [-0.3, -0.25) is 0 Å². The Kier molecular flexibility index (Phi) is 5.43. The maximum atomic E-state index is 8.74. The fourth-order valence-electron chi connectivity index (χ4n) is 2.13. The van der Waals surface area contributed by atoms with Gasteiger partial charge in [0.2, 0.25) is 0 Å². The number of nitriles is 2. The first-order chi connectivity index (χ1) is 10.3. The molecule has 0 fully saturated rings. The number of unbranched alkanes of at least 4 members (excludes halogenated alkanes) is 2. The molecule has 4 nitrogen and oxygen atoms in total. The van der Waals surface area contributed by atoms with Crippen LogP contribution < -0.4 is 9.13 Å². The van der Waals surface area contributed by atoms with E-state index in [2.05, 4.69) is 21.3 Å². The van der Waals surface area contributed by atoms with E-state index in [9.17, 15) is 0 Å². The van der Waals surface area contributed by atoms with Gasteiger partial charge in [0.1, 0.15) is 13.1 Å². The molecule has 2 aromatic rings. The second-order valence-corrected chi connectivity index (χ2v) is 4.93. The Hall–Kier alpha value is -2.72. The minimum absolute atomic E-state index is 0.698. The van der Waals surface area contributed by atoms with Crippen LogP contribution in [0.15, 0.2) is 49.1 Å². The third-order valence-corrected chi connectivity index (χ3v) is 3.37. The molecule has 0 aliphatic heterocycles. The van der Waals surface area contributed by atoms with Gasteiger partial charge in [0.25, 0.3) is 0 Å². The molecule has 21 heavy (non-hydrogen) atoms. The Morgan fingerprint density at radius 1 is 0.667 bits per heavy atom. The summed E-state index contributed by atoms with van der Waals surface area (Å²) in [5.74, 6) is 0. The quantitative estimate of drug-likeness (QED) is 0.598. The third-order valence-electron chi connectivity index (χ3n) is 3.37. The molecule has 0 aliphatic carbocycles. The van der Waals surface area contributed by atoms with Crippen LogP contribution in [0.5, 0.6) is 0 Å². The molecular formula is C17H18N4+2. The number of rotatable bonds is 6. The summed E-state index contributed by atoms with van der Waals surface area (Å²) in [4.78, 5) is 0. The average Bonchev–Trinajstić information content (AvgIpc) is 2.55. The van der Waals surface area contributed by atoms with E-state index in [-0.39, 0.29) is 0 Å². The molecule has 2 heterocycles. The summed E-state index contributed by atoms with van der Waals surface area (Å²) in [5, 5.41) is 17.5. The van der Waals surface area contributed by atoms with Gasteiger partial charge in [-0.25, -0.2) is 9.13 Å². The van der Waals surface area contributed by atoms with Crippen molar-refractivity contribution in [2.24, 2.45) is 0 Å². The lowest BCUT2D eigenvalue weighted by atomic mass is 10.2. The second kappa shape index (κ2) is 7.77. The van der Waals surface area contributed by atoms with Crippen molar-refractivity contribution in [3.63, 3.8) is 0 Å². The lowest BCUT2D eigenvalue weighted by Crippen LogP contribution is -2.34. The van der Waals surface area contributed by atoms with E-state index in [1.165, 1.54) is 0 Å². The van der Waals surface area contributed by atoms with Crippen LogP contribution in [0.25, 0.3) is 0 Å². The molecule has 0 saturated carbocycles. The Morgan fingerprint density at radius 3 is 1.38 bits per heavy atom. The number of nitrogens with zero attached hydrogens (tertiary/aromatic N) is 4. The highest BCUT2D eigenvalue weighted by molar-refractivity contribution is 5.24. The monoisotopic (exact) mass is 278 g/mol. The molecule has 0 N–H and O–H groups in total. The lowest BCUT2D eigenvalue weighted by Gasteiger charge is -1.98. The molecule has 0 saturated heterocycles. The van der Waals surface area contributed by atoms with Crippen LogP contribution in [0.3, 0.4) is 0 Å². The van der Waals surface area contributed by atoms with Crippen molar-refractivity contribution >= 4 is 0 Å². The zero-order valence-electron chi connectivity index (χ0n) is 11.9. The van der Waals surface area contributed by atoms with Crippen molar-refractivity contribution in [3.8, 4) is 12.1 Å². The van der Waals surface area contributed by atoms with Gasteiger partial charge in [0, 0.05) is 37.1 Å². The minimum atomic E-state index is 0.698. The third kappa shape index (κ3) is 4.71. The minimum Gasteiger partial charge on any atom is -0.205 e. The Bertz CT molecular complexity index is 586. The summed E-state index contributed by atoms with van der Waals surface area (Å²) in [6, 6.07) is 11.6. The fourth-order valence-corrected chi connectivity index (χ4v) is 2.13. The van der Waals surface area contributed by atoms with Crippen molar-refractivity contribution in [2.75, 3.05) is 0 Å². The molecule has 104 valence electrons. The summed E-state index contributed by atoms with van der Waals surface area (Å²) >= 11 is 0. The van der Waals surface area contributed by atoms with Gasteiger partial charge < -0.3 is 0 Å². The first-order valence-electron chi connectivity index (χ1n) is 7.10. The van der Waals surface area contributed by atoms with Gasteiger partial charge in [-0.1, -0.05) is 0 Å². The van der Waals surface area contributed by atoms with E-state index in [0.29, 0.717) is 11.1 Å². The summed E-state index contributed by atoms with van der Waals surface area (Å²) < 4.78 is 4.21. The van der Waals surface area contributed by atoms with Crippen LogP contribution in [0, 0.1) is 22.7 Å². The highest BCUT2D eigenvalue weighted by atomic mass is 14.9. The summed E-state index contributed by atoms with van der Waals surface area (Å²) in [5.41, 5.74) is 1.40. The normalized spacial score (nSPS) is 9.81. The smallest absolute Gasteiger partial charge is 0.170 e. The highest BCUT2D eigenvalue weighted by Gasteiger charge is 2.03. The molecule has 0 atom stereocenters. The van der Waals surface area contributed by atoms with Crippen LogP contribution in [0.1, 0.15) is 30.4 Å². The Morgan fingerprint density at radius 2 is 1.05 bits per heavy atom. The van der Waals surface area contributed by atoms with E-state index >= 15 is 0 Å². The first kappa shape index (κ1) is 14.7. The van der Waals surface area contributed by atoms with Crippen molar-refractivity contribution in [2.45, 2.75) is 32.4 Å². The van der Waals surface area contributed by atoms with Gasteiger partial charge in [0.05, 0.1) is 23.3 Å². The van der Waals surface area contributed by atoms with Crippen molar-refractivity contribution < 1.29 is 9.13 Å². The predicted molar refractivity (Wildman–Crippen MR) is 76.6 cm³/mol. The summed E-state index contributed by atoms with van der Waals surface area (Å²) in [6.07, 6.45) is 11.2. The van der Waals surface area contributed by atoms with Crippen molar-refractivity contribution in [3.05, 3.63) is 60.2 Å². The van der Waals surface area contributed by atoms with Crippen molar-refractivity contribution in [1.29, 1.82) is 10.5 Å². The molecule has 0 amide bonds. The summed E-state index contributed by atoms with van der Waals surface area (Å²) in [7, 11) is 0. The van der Waals surface area contributed by atoms with Crippen molar-refractivity contribution in [1.82, 2.24) is 0 Å². The number of hydrogen-bond acceptors (Lipinski definition) is 2. The lowest BCUT2D eigenvalue weighted by molar-refractivity contribution is -0.701. The van der Waals surface area contributed by atoms with E-state index in [0.717, 1.165) is 32.4 Å². The van der Waals surface area contributed by atoms with Gasteiger partial charge in [-0.15, -0.1) is 0 Å². The Labute approximate surface area is 125 Å². The maximum absolute atomic E-state index is 8.74. The maximum Gasteiger partial charge on any atom is 0.170 e. The number of hydrogen-bond donors (Lipinski definition) is 0. The van der Waals surface area contributed by atoms with Crippen LogP contribution in [-0.2, 0) is 13.1 Å². The largest absolute Gasteiger partial charge is 0.205 e. The molecule has 0 spiro atoms. The molecule has 0 bridgehead atoms. The van der Waals surface area contributed by atoms with Crippen LogP contribution in [0.2, 0.25) is 0 Å². The van der Waals surface area contributed by atoms with Crippen LogP contribution in [-0.4, -0.2) is 0 Å². The molecular weight excluding hydrogens is 260 g/mol. The van der Waals surface area contributed by atoms with E-state index in [1.54, 1.807) is 0 Å². The fraction of sp³-hybridized carbons (Fsp3) is 0.294. The first-order valence-corrected chi connectivity index (χ1v) is 7.10. The molecule has 0 aliphatic rings. The Balaban J connectivity index is 1.67. The SMILES string of the molecule is N#Cc1cc[n+](CCCCC[n+]2ccc(C#N)cc2)cc1. The van der Waals surface area contributed by atoms with Crippen LogP contribution >= 0.6 is 0 Å². The van der Waals surface area contributed by atoms with Gasteiger partial charge in [-0.2, -0.15) is 10.5 Å². The van der Waals surface area contributed by atoms with E-state index in [1.807, 2.05) is 49.1 Å². The number of aromatic nitrogens is 2. The molecule has 0 radical (unpaired) electrons. The average molecular weight is 278 g/mol. The second-order valence-electron chi connectivity index (χ2n) is 4.93. The number of pyridine rings is 2. The molecule has 4 heteroatoms. The van der Waals surface area contributed by atoms with E-state index < -0.39 is 0 Å². The molecule has 0 unspecified atom stereocenters. The standard InChI is InChI=1S/C17H18N4/c18-14-16-4-10-20(11-5-16)8-2-1-3-9-21-12-6-17(15-19)7-13-21/h4-7,10-13H,1-3,8-9H2/q+2. The zero-order valence-corrected chi connectivity index (χ0v) is 11.9. The molecule has 2 aromatic heterocycles. The van der Waals surface area contributed by atoms with Gasteiger partial charge in [0.15, 0.2) is 24.8 Å². The highest BCUT2D eigenvalue weighted by Crippen LogP contribution is 1.97. The zero-order chi connectivity index (χ0) is 14.9. The topological polar surface area (TPSA) is 55.3 Å². The predicted octanol–water partition coefficient (Wildman–Crippen LogP) is 1.88. The molecule has 2 rings (SSSR count). The summed E-state index contributed by atoms with van der Waals surface area (Å²) in [6.45, 7) is 1.95.